The Morgan fingerprint density at radius 3 is 2.33 bits per heavy atom. The third kappa shape index (κ3) is 11.3. The van der Waals surface area contributed by atoms with Gasteiger partial charge in [-0.1, -0.05) is 61.5 Å². The van der Waals surface area contributed by atoms with Crippen LogP contribution in [0.25, 0.3) is 0 Å². The predicted octanol–water partition coefficient (Wildman–Crippen LogP) is 6.65. The van der Waals surface area contributed by atoms with Gasteiger partial charge in [0.2, 0.25) is 11.8 Å². The molecule has 7 N–H and O–H groups in total. The lowest BCUT2D eigenvalue weighted by Gasteiger charge is -2.39. The van der Waals surface area contributed by atoms with Gasteiger partial charge in [0, 0.05) is 94.8 Å². The number of fused-ring (bicyclic) bond motifs is 1. The SMILES string of the molecule is CC(C)c1cc(C(=O)N2Cc3ccc(CN4CCC(CN5CCN(C(=O)CCC(=O)Nc6cccc(Sc7ncc(N8CCC(C)(N)CC8)nc7N)c6Cl)CC5)CC4)cc3C2)c(O)cc1O. The highest BCUT2D eigenvalue weighted by atomic mass is 35.5. The molecule has 0 spiro atoms. The van der Waals surface area contributed by atoms with Crippen molar-refractivity contribution < 1.29 is 24.6 Å². The van der Waals surface area contributed by atoms with Gasteiger partial charge in [0.15, 0.2) is 5.82 Å². The number of piperidine rings is 2. The van der Waals surface area contributed by atoms with Gasteiger partial charge in [-0.25, -0.2) is 9.97 Å². The summed E-state index contributed by atoms with van der Waals surface area (Å²) in [6.07, 6.45) is 5.86. The fraction of sp³-hybridized carbons (Fsp3) is 0.490. The van der Waals surface area contributed by atoms with Crippen molar-refractivity contribution in [1.82, 2.24) is 29.6 Å². The van der Waals surface area contributed by atoms with E-state index in [1.807, 2.05) is 24.8 Å². The highest BCUT2D eigenvalue weighted by Crippen LogP contribution is 2.39. The Balaban J connectivity index is 0.730. The van der Waals surface area contributed by atoms with Gasteiger partial charge in [-0.05, 0) is 98.0 Å². The summed E-state index contributed by atoms with van der Waals surface area (Å²) in [5.74, 6) is 0.898. The maximum Gasteiger partial charge on any atom is 0.258 e. The highest BCUT2D eigenvalue weighted by Gasteiger charge is 2.30. The second-order valence-corrected chi connectivity index (χ2v) is 20.5. The number of aromatic hydroxyl groups is 2. The fourth-order valence-electron chi connectivity index (χ4n) is 9.46. The molecule has 0 unspecified atom stereocenters. The minimum Gasteiger partial charge on any atom is -0.508 e. The molecule has 3 fully saturated rings. The number of piperazine rings is 1. The van der Waals surface area contributed by atoms with Gasteiger partial charge < -0.3 is 41.7 Å². The number of halogens is 1. The summed E-state index contributed by atoms with van der Waals surface area (Å²) < 4.78 is 0. The topological polar surface area (TPSA) is 198 Å². The normalized spacial score (nSPS) is 18.2. The zero-order valence-corrected chi connectivity index (χ0v) is 39.8. The van der Waals surface area contributed by atoms with E-state index in [9.17, 15) is 24.6 Å². The van der Waals surface area contributed by atoms with Crippen molar-refractivity contribution in [3.63, 3.8) is 0 Å². The van der Waals surface area contributed by atoms with Gasteiger partial charge in [-0.15, -0.1) is 0 Å². The summed E-state index contributed by atoms with van der Waals surface area (Å²) in [6.45, 7) is 15.4. The molecule has 3 amide bonds. The van der Waals surface area contributed by atoms with Crippen LogP contribution in [0.5, 0.6) is 11.5 Å². The fourth-order valence-corrected chi connectivity index (χ4v) is 10.6. The quantitative estimate of drug-likeness (QED) is 0.0957. The van der Waals surface area contributed by atoms with Crippen molar-refractivity contribution in [3.8, 4) is 11.5 Å². The second-order valence-electron chi connectivity index (χ2n) is 19.1. The van der Waals surface area contributed by atoms with E-state index in [0.29, 0.717) is 64.1 Å². The Morgan fingerprint density at radius 2 is 1.62 bits per heavy atom. The Hall–Kier alpha value is -5.13. The van der Waals surface area contributed by atoms with Gasteiger partial charge >= 0.3 is 0 Å². The smallest absolute Gasteiger partial charge is 0.258 e. The Labute approximate surface area is 396 Å². The van der Waals surface area contributed by atoms with Crippen LogP contribution in [0.3, 0.4) is 0 Å². The molecule has 0 bridgehead atoms. The number of amides is 3. The monoisotopic (exact) mass is 938 g/mol. The van der Waals surface area contributed by atoms with E-state index < -0.39 is 0 Å². The lowest BCUT2D eigenvalue weighted by molar-refractivity contribution is -0.134. The number of phenols is 2. The molecule has 0 atom stereocenters. The Bertz CT molecular complexity index is 2430. The molecule has 66 heavy (non-hydrogen) atoms. The maximum absolute atomic E-state index is 13.5. The summed E-state index contributed by atoms with van der Waals surface area (Å²) in [7, 11) is 0. The summed E-state index contributed by atoms with van der Waals surface area (Å²) in [5.41, 5.74) is 17.3. The maximum atomic E-state index is 13.5. The van der Waals surface area contributed by atoms with Crippen LogP contribution in [0.1, 0.15) is 97.8 Å². The number of carbonyl (C=O) groups excluding carboxylic acids is 3. The first-order valence-electron chi connectivity index (χ1n) is 23.2. The molecule has 1 aromatic heterocycles. The van der Waals surface area contributed by atoms with E-state index in [1.54, 1.807) is 29.3 Å². The Morgan fingerprint density at radius 1 is 0.894 bits per heavy atom. The molecule has 0 radical (unpaired) electrons. The van der Waals surface area contributed by atoms with Crippen LogP contribution in [0, 0.1) is 5.92 Å². The standard InChI is InChI=1S/C49H63ClN10O5S/c1-31(2)36-24-37(40(62)25-39(36)61)48(65)60-29-34-8-7-33(23-35(34)30-60)28-56-15-11-32(12-16-56)27-57-19-21-59(22-20-57)44(64)10-9-43(63)54-38-5-4-6-41(45(38)50)66-47-46(51)55-42(26-53-47)58-17-13-49(3,52)14-18-58/h4-8,23-26,31-32,61-62H,9-22,27-30,52H2,1-3H3,(H2,51,55)(H,54,63). The number of rotatable bonds is 13. The molecule has 8 rings (SSSR count). The van der Waals surface area contributed by atoms with Gasteiger partial charge in [-0.3, -0.25) is 24.2 Å². The van der Waals surface area contributed by atoms with E-state index in [4.69, 9.17) is 23.1 Å². The minimum atomic E-state index is -0.278. The number of phenolic OH excluding ortho intramolecular Hbond substituents is 2. The van der Waals surface area contributed by atoms with Crippen molar-refractivity contribution in [2.24, 2.45) is 11.7 Å². The van der Waals surface area contributed by atoms with Gasteiger partial charge in [0.1, 0.15) is 22.3 Å². The summed E-state index contributed by atoms with van der Waals surface area (Å²) in [6, 6.07) is 14.8. The first-order valence-corrected chi connectivity index (χ1v) is 24.4. The van der Waals surface area contributed by atoms with Gasteiger partial charge in [0.25, 0.3) is 5.91 Å². The molecule has 3 aromatic carbocycles. The van der Waals surface area contributed by atoms with Crippen LogP contribution in [-0.2, 0) is 29.2 Å². The first kappa shape index (κ1) is 47.4. The molecule has 5 heterocycles. The van der Waals surface area contributed by atoms with Crippen molar-refractivity contribution in [1.29, 1.82) is 0 Å². The van der Waals surface area contributed by atoms with Crippen LogP contribution in [0.15, 0.2) is 64.6 Å². The number of hydrogen-bond acceptors (Lipinski definition) is 13. The molecule has 4 aliphatic heterocycles. The summed E-state index contributed by atoms with van der Waals surface area (Å²) >= 11 is 8.04. The van der Waals surface area contributed by atoms with Crippen LogP contribution in [0.2, 0.25) is 5.02 Å². The molecule has 17 heteroatoms. The van der Waals surface area contributed by atoms with E-state index >= 15 is 0 Å². The van der Waals surface area contributed by atoms with Crippen LogP contribution < -0.4 is 21.7 Å². The number of hydrogen-bond donors (Lipinski definition) is 5. The van der Waals surface area contributed by atoms with Crippen molar-refractivity contribution >= 4 is 58.4 Å². The number of aromatic nitrogens is 2. The molecule has 3 saturated heterocycles. The van der Waals surface area contributed by atoms with E-state index in [0.717, 1.165) is 95.0 Å². The van der Waals surface area contributed by atoms with Gasteiger partial charge in [-0.2, -0.15) is 0 Å². The second kappa shape index (κ2) is 20.4. The molecule has 15 nitrogen and oxygen atoms in total. The number of nitrogens with one attached hydrogen (secondary N) is 1. The third-order valence-corrected chi connectivity index (χ3v) is 15.2. The zero-order valence-electron chi connectivity index (χ0n) is 38.3. The minimum absolute atomic E-state index is 0.00125. The summed E-state index contributed by atoms with van der Waals surface area (Å²) in [4.78, 5) is 60.3. The van der Waals surface area contributed by atoms with Crippen LogP contribution >= 0.6 is 23.4 Å². The van der Waals surface area contributed by atoms with Crippen molar-refractivity contribution in [3.05, 3.63) is 87.6 Å². The average Bonchev–Trinajstić information content (AvgIpc) is 3.72. The molecular formula is C49H63ClN10O5S. The van der Waals surface area contributed by atoms with E-state index in [2.05, 4.69) is 55.1 Å². The summed E-state index contributed by atoms with van der Waals surface area (Å²) in [5, 5.41) is 24.5. The zero-order chi connectivity index (χ0) is 46.7. The highest BCUT2D eigenvalue weighted by molar-refractivity contribution is 7.99. The number of benzene rings is 3. The van der Waals surface area contributed by atoms with Crippen molar-refractivity contribution in [2.75, 3.05) is 74.9 Å². The predicted molar refractivity (Wildman–Crippen MR) is 259 cm³/mol. The number of likely N-dealkylation sites (tertiary alicyclic amines) is 1. The molecule has 0 saturated carbocycles. The van der Waals surface area contributed by atoms with Gasteiger partial charge in [0.05, 0.1) is 22.5 Å². The number of carbonyl (C=O) groups is 3. The number of anilines is 3. The number of nitrogens with zero attached hydrogens (tertiary/aromatic N) is 7. The Kier molecular flexibility index (Phi) is 14.6. The molecular weight excluding hydrogens is 876 g/mol. The lowest BCUT2D eigenvalue weighted by Crippen LogP contribution is -2.50. The molecule has 4 aromatic rings. The van der Waals surface area contributed by atoms with Crippen molar-refractivity contribution in [2.45, 2.75) is 100 Å². The van der Waals surface area contributed by atoms with E-state index in [1.165, 1.54) is 23.4 Å². The number of nitrogens with two attached hydrogens (primary N) is 2. The molecule has 352 valence electrons. The number of nitrogen functional groups attached to an aromatic ring is 1. The first-order chi connectivity index (χ1) is 31.6. The molecule has 0 aliphatic carbocycles. The largest absolute Gasteiger partial charge is 0.508 e. The molecule has 4 aliphatic rings. The van der Waals surface area contributed by atoms with Crippen LogP contribution in [-0.4, -0.2) is 122 Å². The third-order valence-electron chi connectivity index (χ3n) is 13.6. The lowest BCUT2D eigenvalue weighted by atomic mass is 9.91. The van der Waals surface area contributed by atoms with E-state index in [-0.39, 0.29) is 59.1 Å². The average molecular weight is 940 g/mol. The van der Waals surface area contributed by atoms with Crippen LogP contribution in [0.4, 0.5) is 17.3 Å².